The molecule has 82 valence electrons. The molecule has 1 rings (SSSR count). The van der Waals surface area contributed by atoms with Crippen LogP contribution in [0.1, 0.15) is 26.7 Å². The zero-order chi connectivity index (χ0) is 10.4. The van der Waals surface area contributed by atoms with E-state index in [2.05, 4.69) is 22.7 Å². The Kier molecular flexibility index (Phi) is 5.11. The Hall–Kier alpha value is -0.420. The molecule has 0 bridgehead atoms. The highest BCUT2D eigenvalue weighted by molar-refractivity contribution is 7.99. The van der Waals surface area contributed by atoms with E-state index in [1.54, 1.807) is 0 Å². The number of nitrogens with one attached hydrogen (secondary N) is 2. The van der Waals surface area contributed by atoms with Crippen molar-refractivity contribution in [1.29, 1.82) is 0 Å². The predicted molar refractivity (Wildman–Crippen MR) is 63.4 cm³/mol. The van der Waals surface area contributed by atoms with Gasteiger partial charge in [0.05, 0.1) is 0 Å². The number of hydrogen-bond donors (Lipinski definition) is 3. The second-order valence-corrected chi connectivity index (χ2v) is 5.00. The summed E-state index contributed by atoms with van der Waals surface area (Å²) in [5, 5.41) is 4.12. The maximum Gasteiger partial charge on any atom is 0.205 e. The minimum absolute atomic E-state index is 0.512. The molecule has 0 saturated carbocycles. The van der Waals surface area contributed by atoms with Gasteiger partial charge in [-0.05, 0) is 19.8 Å². The molecule has 4 N–H and O–H groups in total. The summed E-state index contributed by atoms with van der Waals surface area (Å²) in [4.78, 5) is 4.22. The molecule has 0 aliphatic carbocycles. The van der Waals surface area contributed by atoms with Crippen molar-refractivity contribution in [3.05, 3.63) is 0 Å². The molecule has 0 radical (unpaired) electrons. The molecule has 0 spiro atoms. The molecule has 0 amide bonds. The lowest BCUT2D eigenvalue weighted by atomic mass is 10.1. The number of thioether (sulfide) groups is 1. The predicted octanol–water partition coefficient (Wildman–Crippen LogP) is 0.699. The van der Waals surface area contributed by atoms with E-state index in [0.29, 0.717) is 12.0 Å². The van der Waals surface area contributed by atoms with Gasteiger partial charge in [0.15, 0.2) is 0 Å². The maximum absolute atomic E-state index is 5.35. The first-order valence-corrected chi connectivity index (χ1v) is 6.20. The molecule has 1 fully saturated rings. The lowest BCUT2D eigenvalue weighted by molar-refractivity contribution is 0.555. The van der Waals surface area contributed by atoms with Crippen LogP contribution in [-0.2, 0) is 0 Å². The molecule has 4 nitrogen and oxygen atoms in total. The van der Waals surface area contributed by atoms with Crippen molar-refractivity contribution < 1.29 is 0 Å². The Morgan fingerprint density at radius 3 is 2.86 bits per heavy atom. The number of nitrogens with zero attached hydrogens (tertiary/aromatic N) is 1. The summed E-state index contributed by atoms with van der Waals surface area (Å²) in [6.07, 6.45) is 2.48. The highest BCUT2D eigenvalue weighted by atomic mass is 32.2. The van der Waals surface area contributed by atoms with Crippen molar-refractivity contribution in [2.75, 3.05) is 12.3 Å². The lowest BCUT2D eigenvalue weighted by Gasteiger charge is -2.27. The Labute approximate surface area is 90.1 Å². The monoisotopic (exact) mass is 216 g/mol. The van der Waals surface area contributed by atoms with E-state index in [-0.39, 0.29) is 0 Å². The quantitative estimate of drug-likeness (QED) is 0.275. The van der Waals surface area contributed by atoms with Crippen LogP contribution in [0, 0.1) is 0 Å². The van der Waals surface area contributed by atoms with Crippen LogP contribution in [0.15, 0.2) is 4.99 Å². The van der Waals surface area contributed by atoms with Gasteiger partial charge < -0.3 is 5.32 Å². The molecule has 1 saturated heterocycles. The Balaban J connectivity index is 2.32. The van der Waals surface area contributed by atoms with E-state index in [1.165, 1.54) is 12.8 Å². The zero-order valence-corrected chi connectivity index (χ0v) is 9.73. The lowest BCUT2D eigenvalue weighted by Crippen LogP contribution is -2.48. The molecule has 1 aliphatic heterocycles. The van der Waals surface area contributed by atoms with E-state index in [0.717, 1.165) is 17.5 Å². The number of guanidine groups is 1. The molecule has 0 aromatic rings. The molecule has 14 heavy (non-hydrogen) atoms. The number of hydrogen-bond acceptors (Lipinski definition) is 3. The van der Waals surface area contributed by atoms with E-state index in [1.807, 2.05) is 18.7 Å². The third-order valence-corrected chi connectivity index (χ3v) is 3.70. The van der Waals surface area contributed by atoms with Crippen LogP contribution in [0.4, 0.5) is 0 Å². The molecule has 0 aromatic carbocycles. The number of rotatable bonds is 2. The first-order valence-electron chi connectivity index (χ1n) is 5.15. The van der Waals surface area contributed by atoms with Crippen LogP contribution in [0.3, 0.4) is 0 Å². The van der Waals surface area contributed by atoms with Gasteiger partial charge in [0.2, 0.25) is 5.96 Å². The first kappa shape index (κ1) is 11.7. The second-order valence-electron chi connectivity index (χ2n) is 3.53. The Morgan fingerprint density at radius 2 is 2.36 bits per heavy atom. The molecule has 2 atom stereocenters. The van der Waals surface area contributed by atoms with Gasteiger partial charge in [-0.15, -0.1) is 0 Å². The van der Waals surface area contributed by atoms with Crippen LogP contribution in [0.5, 0.6) is 0 Å². The van der Waals surface area contributed by atoms with Crippen molar-refractivity contribution >= 4 is 17.7 Å². The fraction of sp³-hybridized carbons (Fsp3) is 0.889. The van der Waals surface area contributed by atoms with E-state index in [4.69, 9.17) is 5.84 Å². The number of nitrogens with two attached hydrogens (primary N) is 1. The van der Waals surface area contributed by atoms with Gasteiger partial charge in [-0.3, -0.25) is 10.4 Å². The minimum Gasteiger partial charge on any atom is -0.352 e. The normalized spacial score (nSPS) is 28.6. The fourth-order valence-corrected chi connectivity index (χ4v) is 2.59. The summed E-state index contributed by atoms with van der Waals surface area (Å²) in [6.45, 7) is 5.03. The first-order chi connectivity index (χ1) is 6.76. The van der Waals surface area contributed by atoms with Crippen molar-refractivity contribution in [3.8, 4) is 0 Å². The van der Waals surface area contributed by atoms with Gasteiger partial charge in [0.1, 0.15) is 0 Å². The van der Waals surface area contributed by atoms with Gasteiger partial charge in [-0.2, -0.15) is 11.8 Å². The van der Waals surface area contributed by atoms with E-state index in [9.17, 15) is 0 Å². The Morgan fingerprint density at radius 1 is 1.57 bits per heavy atom. The second kappa shape index (κ2) is 6.14. The van der Waals surface area contributed by atoms with Crippen LogP contribution < -0.4 is 16.6 Å². The van der Waals surface area contributed by atoms with Crippen LogP contribution >= 0.6 is 11.8 Å². The van der Waals surface area contributed by atoms with Gasteiger partial charge in [-0.1, -0.05) is 6.92 Å². The van der Waals surface area contributed by atoms with Gasteiger partial charge in [0, 0.05) is 23.6 Å². The van der Waals surface area contributed by atoms with Crippen molar-refractivity contribution in [2.45, 2.75) is 38.0 Å². The van der Waals surface area contributed by atoms with Gasteiger partial charge >= 0.3 is 0 Å². The summed E-state index contributed by atoms with van der Waals surface area (Å²) in [5.74, 6) is 7.21. The smallest absolute Gasteiger partial charge is 0.205 e. The third-order valence-electron chi connectivity index (χ3n) is 2.30. The topological polar surface area (TPSA) is 62.4 Å². The minimum atomic E-state index is 0.512. The maximum atomic E-state index is 5.35. The van der Waals surface area contributed by atoms with Crippen LogP contribution in [0.25, 0.3) is 0 Å². The van der Waals surface area contributed by atoms with Crippen LogP contribution in [0.2, 0.25) is 0 Å². The molecule has 2 unspecified atom stereocenters. The standard InChI is InChI=1S/C9H20N4S/c1-3-11-9(13-10)12-8-5-4-7(2)14-6-8/h7-8H,3-6,10H2,1-2H3,(H2,11,12,13). The van der Waals surface area contributed by atoms with E-state index >= 15 is 0 Å². The molecular formula is C9H20N4S. The molecular weight excluding hydrogens is 196 g/mol. The van der Waals surface area contributed by atoms with E-state index < -0.39 is 0 Å². The van der Waals surface area contributed by atoms with Crippen molar-refractivity contribution in [3.63, 3.8) is 0 Å². The average molecular weight is 216 g/mol. The summed E-state index contributed by atoms with van der Waals surface area (Å²) < 4.78 is 0. The molecule has 0 aromatic heterocycles. The summed E-state index contributed by atoms with van der Waals surface area (Å²) in [7, 11) is 0. The van der Waals surface area contributed by atoms with Crippen LogP contribution in [-0.4, -0.2) is 29.5 Å². The highest BCUT2D eigenvalue weighted by Gasteiger charge is 2.18. The fourth-order valence-electron chi connectivity index (χ4n) is 1.48. The molecule has 1 aliphatic rings. The highest BCUT2D eigenvalue weighted by Crippen LogP contribution is 2.24. The molecule has 1 heterocycles. The largest absolute Gasteiger partial charge is 0.352 e. The summed E-state index contributed by atoms with van der Waals surface area (Å²) >= 11 is 2.01. The molecule has 5 heteroatoms. The van der Waals surface area contributed by atoms with Gasteiger partial charge in [-0.25, -0.2) is 5.84 Å². The van der Waals surface area contributed by atoms with Crippen molar-refractivity contribution in [2.24, 2.45) is 10.8 Å². The Bertz CT molecular complexity index is 187. The zero-order valence-electron chi connectivity index (χ0n) is 8.92. The SMILES string of the molecule is CCN=C(NN)NC1CCC(C)SC1. The van der Waals surface area contributed by atoms with Gasteiger partial charge in [0.25, 0.3) is 0 Å². The summed E-state index contributed by atoms with van der Waals surface area (Å²) in [5.41, 5.74) is 2.59. The number of hydrazine groups is 1. The van der Waals surface area contributed by atoms with Crippen molar-refractivity contribution in [1.82, 2.24) is 10.7 Å². The number of aliphatic imine (C=N–C) groups is 1. The summed E-state index contributed by atoms with van der Waals surface area (Å²) in [6, 6.07) is 0.512. The third kappa shape index (κ3) is 3.75. The average Bonchev–Trinajstić information content (AvgIpc) is 2.20.